The van der Waals surface area contributed by atoms with Crippen LogP contribution in [0.1, 0.15) is 57.1 Å². The lowest BCUT2D eigenvalue weighted by Gasteiger charge is -2.34. The second-order valence-electron chi connectivity index (χ2n) is 8.36. The molecule has 5 nitrogen and oxygen atoms in total. The molecule has 1 aliphatic rings. The zero-order valence-electron chi connectivity index (χ0n) is 17.5. The number of nitrogens with zero attached hydrogens (tertiary/aromatic N) is 1. The average Bonchev–Trinajstić information content (AvgIpc) is 2.70. The minimum absolute atomic E-state index is 0.0162. The van der Waals surface area contributed by atoms with Crippen molar-refractivity contribution < 1.29 is 14.8 Å². The van der Waals surface area contributed by atoms with Gasteiger partial charge in [0, 0.05) is 28.1 Å². The van der Waals surface area contributed by atoms with Crippen LogP contribution in [0.3, 0.4) is 0 Å². The van der Waals surface area contributed by atoms with E-state index in [1.165, 1.54) is 19.1 Å². The molecule has 0 saturated heterocycles. The number of non-ortho nitro benzene ring substituents is 1. The maximum atomic E-state index is 12.6. The van der Waals surface area contributed by atoms with Gasteiger partial charge in [-0.3, -0.25) is 14.9 Å². The number of nitro benzene ring substituents is 1. The first-order valence-corrected chi connectivity index (χ1v) is 10.5. The normalized spacial score (nSPS) is 16.7. The first-order chi connectivity index (χ1) is 14.1. The highest BCUT2D eigenvalue weighted by molar-refractivity contribution is 6.34. The van der Waals surface area contributed by atoms with Gasteiger partial charge in [0.2, 0.25) is 0 Å². The Labute approximate surface area is 181 Å². The van der Waals surface area contributed by atoms with E-state index in [1.54, 1.807) is 18.2 Å². The van der Waals surface area contributed by atoms with E-state index in [2.05, 4.69) is 0 Å². The molecule has 0 amide bonds. The summed E-state index contributed by atoms with van der Waals surface area (Å²) in [5.41, 5.74) is 2.52. The number of aliphatic hydroxyl groups is 1. The van der Waals surface area contributed by atoms with Crippen LogP contribution in [0, 0.1) is 22.5 Å². The van der Waals surface area contributed by atoms with Gasteiger partial charge in [0.25, 0.3) is 5.69 Å². The molecule has 2 aromatic carbocycles. The van der Waals surface area contributed by atoms with Crippen molar-refractivity contribution in [2.24, 2.45) is 5.41 Å². The SMILES string of the molecule is CC(=O)/C(=C(/O)C1(C)CCCCC1)c1cc(Cl)c(-c2cccc([N+](=O)[O-])c2)cc1C. The van der Waals surface area contributed by atoms with Gasteiger partial charge >= 0.3 is 0 Å². The van der Waals surface area contributed by atoms with Gasteiger partial charge in [0.15, 0.2) is 5.78 Å². The number of halogens is 1. The standard InChI is InChI=1S/C24H26ClNO4/c1-15-12-20(17-8-7-9-18(13-17)26(29)30)21(25)14-19(15)22(16(2)27)23(28)24(3)10-5-4-6-11-24/h7-9,12-14,28H,4-6,10-11H2,1-3H3/b23-22-. The third-order valence-corrected chi connectivity index (χ3v) is 6.38. The Morgan fingerprint density at radius 1 is 1.17 bits per heavy atom. The number of allylic oxidation sites excluding steroid dienone is 2. The predicted molar refractivity (Wildman–Crippen MR) is 120 cm³/mol. The van der Waals surface area contributed by atoms with E-state index in [1.807, 2.05) is 19.9 Å². The molecule has 0 unspecified atom stereocenters. The Morgan fingerprint density at radius 3 is 2.43 bits per heavy atom. The molecule has 0 aliphatic heterocycles. The first-order valence-electron chi connectivity index (χ1n) is 10.1. The third-order valence-electron chi connectivity index (χ3n) is 6.07. The Balaban J connectivity index is 2.13. The number of carbonyl (C=O) groups is 1. The van der Waals surface area contributed by atoms with Crippen LogP contribution in [0.25, 0.3) is 16.7 Å². The number of aliphatic hydroxyl groups excluding tert-OH is 1. The molecule has 0 spiro atoms. The van der Waals surface area contributed by atoms with Gasteiger partial charge in [-0.2, -0.15) is 0 Å². The van der Waals surface area contributed by atoms with Gasteiger partial charge in [0.1, 0.15) is 5.76 Å². The Kier molecular flexibility index (Phi) is 6.32. The molecule has 1 fully saturated rings. The molecule has 0 bridgehead atoms. The zero-order valence-corrected chi connectivity index (χ0v) is 18.3. The van der Waals surface area contributed by atoms with Crippen molar-refractivity contribution >= 4 is 28.6 Å². The van der Waals surface area contributed by atoms with E-state index in [4.69, 9.17) is 11.6 Å². The van der Waals surface area contributed by atoms with Crippen molar-refractivity contribution in [2.75, 3.05) is 0 Å². The maximum absolute atomic E-state index is 12.6. The highest BCUT2D eigenvalue weighted by Gasteiger charge is 2.35. The number of hydrogen-bond acceptors (Lipinski definition) is 4. The van der Waals surface area contributed by atoms with Gasteiger partial charge < -0.3 is 5.11 Å². The predicted octanol–water partition coefficient (Wildman–Crippen LogP) is 7.05. The van der Waals surface area contributed by atoms with E-state index >= 15 is 0 Å². The number of Topliss-reactive ketones (excluding diaryl/α,β-unsaturated/α-hetero) is 1. The fourth-order valence-electron chi connectivity index (χ4n) is 4.31. The number of carbonyl (C=O) groups excluding carboxylic acids is 1. The molecule has 0 aromatic heterocycles. The number of benzene rings is 2. The highest BCUT2D eigenvalue weighted by Crippen LogP contribution is 2.45. The molecule has 1 N–H and O–H groups in total. The topological polar surface area (TPSA) is 80.4 Å². The van der Waals surface area contributed by atoms with Crippen LogP contribution in [0.2, 0.25) is 5.02 Å². The Hall–Kier alpha value is -2.66. The minimum Gasteiger partial charge on any atom is -0.511 e. The first kappa shape index (κ1) is 22.0. The van der Waals surface area contributed by atoms with E-state index in [0.29, 0.717) is 27.3 Å². The minimum atomic E-state index is -0.446. The molecule has 1 saturated carbocycles. The summed E-state index contributed by atoms with van der Waals surface area (Å²) >= 11 is 6.56. The molecule has 0 heterocycles. The van der Waals surface area contributed by atoms with E-state index in [9.17, 15) is 20.0 Å². The van der Waals surface area contributed by atoms with Crippen molar-refractivity contribution in [3.8, 4) is 11.1 Å². The monoisotopic (exact) mass is 427 g/mol. The van der Waals surface area contributed by atoms with Crippen molar-refractivity contribution in [1.29, 1.82) is 0 Å². The zero-order chi connectivity index (χ0) is 22.1. The number of rotatable bonds is 5. The third kappa shape index (κ3) is 4.26. The summed E-state index contributed by atoms with van der Waals surface area (Å²) in [4.78, 5) is 23.2. The largest absolute Gasteiger partial charge is 0.511 e. The second-order valence-corrected chi connectivity index (χ2v) is 8.76. The number of hydrogen-bond donors (Lipinski definition) is 1. The molecule has 158 valence electrons. The van der Waals surface area contributed by atoms with Gasteiger partial charge in [-0.1, -0.05) is 49.9 Å². The van der Waals surface area contributed by atoms with Crippen LogP contribution in [0.4, 0.5) is 5.69 Å². The fourth-order valence-corrected chi connectivity index (χ4v) is 4.59. The van der Waals surface area contributed by atoms with Crippen LogP contribution in [-0.4, -0.2) is 15.8 Å². The lowest BCUT2D eigenvalue weighted by molar-refractivity contribution is -0.384. The van der Waals surface area contributed by atoms with Crippen molar-refractivity contribution in [3.63, 3.8) is 0 Å². The Bertz CT molecular complexity index is 1040. The van der Waals surface area contributed by atoms with E-state index in [-0.39, 0.29) is 17.2 Å². The number of aryl methyl sites for hydroxylation is 1. The van der Waals surface area contributed by atoms with Crippen LogP contribution in [0.5, 0.6) is 0 Å². The quantitative estimate of drug-likeness (QED) is 0.240. The molecule has 1 aliphatic carbocycles. The van der Waals surface area contributed by atoms with Gasteiger partial charge in [0.05, 0.1) is 10.5 Å². The molecule has 3 rings (SSSR count). The van der Waals surface area contributed by atoms with E-state index < -0.39 is 10.3 Å². The average molecular weight is 428 g/mol. The summed E-state index contributed by atoms with van der Waals surface area (Å²) in [6, 6.07) is 9.78. The summed E-state index contributed by atoms with van der Waals surface area (Å²) in [5.74, 6) is -0.0708. The Morgan fingerprint density at radius 2 is 1.83 bits per heavy atom. The van der Waals surface area contributed by atoms with Crippen molar-refractivity contribution in [3.05, 3.63) is 68.4 Å². The van der Waals surface area contributed by atoms with Crippen molar-refractivity contribution in [1.82, 2.24) is 0 Å². The fraction of sp³-hybridized carbons (Fsp3) is 0.375. The molecular formula is C24H26ClNO4. The van der Waals surface area contributed by atoms with Crippen LogP contribution in [-0.2, 0) is 4.79 Å². The smallest absolute Gasteiger partial charge is 0.270 e. The summed E-state index contributed by atoms with van der Waals surface area (Å²) < 4.78 is 0. The molecular weight excluding hydrogens is 402 g/mol. The number of nitro groups is 1. The van der Waals surface area contributed by atoms with Gasteiger partial charge in [-0.05, 0) is 55.5 Å². The van der Waals surface area contributed by atoms with E-state index in [0.717, 1.165) is 37.7 Å². The summed E-state index contributed by atoms with van der Waals surface area (Å²) in [6.07, 6.45) is 4.87. The van der Waals surface area contributed by atoms with Crippen molar-refractivity contribution in [2.45, 2.75) is 52.9 Å². The molecule has 30 heavy (non-hydrogen) atoms. The lowest BCUT2D eigenvalue weighted by Crippen LogP contribution is -2.25. The molecule has 0 atom stereocenters. The summed E-state index contributed by atoms with van der Waals surface area (Å²) in [5, 5.41) is 22.6. The maximum Gasteiger partial charge on any atom is 0.270 e. The van der Waals surface area contributed by atoms with Crippen LogP contribution in [0.15, 0.2) is 42.2 Å². The molecule has 6 heteroatoms. The van der Waals surface area contributed by atoms with Gasteiger partial charge in [-0.15, -0.1) is 0 Å². The highest BCUT2D eigenvalue weighted by atomic mass is 35.5. The molecule has 0 radical (unpaired) electrons. The van der Waals surface area contributed by atoms with Gasteiger partial charge in [-0.25, -0.2) is 0 Å². The van der Waals surface area contributed by atoms with Crippen LogP contribution < -0.4 is 0 Å². The summed E-state index contributed by atoms with van der Waals surface area (Å²) in [7, 11) is 0. The second kappa shape index (κ2) is 8.60. The summed E-state index contributed by atoms with van der Waals surface area (Å²) in [6.45, 7) is 5.32. The number of ketones is 1. The molecule has 2 aromatic rings. The van der Waals surface area contributed by atoms with Crippen LogP contribution >= 0.6 is 11.6 Å². The lowest BCUT2D eigenvalue weighted by atomic mass is 9.72.